The van der Waals surface area contributed by atoms with Gasteiger partial charge in [0.1, 0.15) is 11.3 Å². The lowest BCUT2D eigenvalue weighted by Crippen LogP contribution is -2.34. The molecule has 1 heterocycles. The average Bonchev–Trinajstić information content (AvgIpc) is 3.17. The number of para-hydroxylation sites is 1. The molecule has 0 aliphatic rings. The van der Waals surface area contributed by atoms with Crippen LogP contribution in [0.3, 0.4) is 0 Å². The molecule has 1 aromatic heterocycles. The smallest absolute Gasteiger partial charge is 0.261 e. The van der Waals surface area contributed by atoms with Gasteiger partial charge < -0.3 is 14.5 Å². The minimum absolute atomic E-state index is 0.176. The van der Waals surface area contributed by atoms with Gasteiger partial charge in [-0.05, 0) is 61.1 Å². The number of aryl methyl sites for hydroxylation is 1. The number of carbonyl (C=O) groups is 1. The van der Waals surface area contributed by atoms with Crippen LogP contribution in [0.25, 0.3) is 22.6 Å². The minimum atomic E-state index is -0.345. The highest BCUT2D eigenvalue weighted by molar-refractivity contribution is 7.80. The Morgan fingerprint density at radius 3 is 2.63 bits per heavy atom. The van der Waals surface area contributed by atoms with Crippen LogP contribution in [0, 0.1) is 6.92 Å². The number of nitrogens with zero attached hydrogens (tertiary/aromatic N) is 1. The Balaban J connectivity index is 1.49. The molecule has 0 fully saturated rings. The maximum absolute atomic E-state index is 12.6. The molecule has 0 atom stereocenters. The van der Waals surface area contributed by atoms with E-state index in [4.69, 9.17) is 21.4 Å². The van der Waals surface area contributed by atoms with E-state index in [0.717, 1.165) is 11.1 Å². The van der Waals surface area contributed by atoms with Crippen molar-refractivity contribution in [3.8, 4) is 17.2 Å². The zero-order chi connectivity index (χ0) is 21.1. The summed E-state index contributed by atoms with van der Waals surface area (Å²) in [4.78, 5) is 17.1. The summed E-state index contributed by atoms with van der Waals surface area (Å²) >= 11 is 5.30. The first kappa shape index (κ1) is 19.6. The number of hydrogen-bond donors (Lipinski definition) is 2. The quantitative estimate of drug-likeness (QED) is 0.458. The van der Waals surface area contributed by atoms with E-state index in [2.05, 4.69) is 15.6 Å². The van der Waals surface area contributed by atoms with Crippen LogP contribution in [0.2, 0.25) is 0 Å². The molecule has 0 spiro atoms. The van der Waals surface area contributed by atoms with Gasteiger partial charge in [0.15, 0.2) is 10.7 Å². The summed E-state index contributed by atoms with van der Waals surface area (Å²) in [6.45, 7) is 1.88. The number of thiocarbonyl (C=S) groups is 1. The van der Waals surface area contributed by atoms with E-state index in [1.165, 1.54) is 7.11 Å². The Morgan fingerprint density at radius 1 is 1.07 bits per heavy atom. The molecule has 1 amide bonds. The number of aromatic nitrogens is 1. The summed E-state index contributed by atoms with van der Waals surface area (Å²) in [6, 6.07) is 20.5. The molecule has 3 aromatic carbocycles. The number of fused-ring (bicyclic) bond motifs is 1. The second kappa shape index (κ2) is 8.34. The lowest BCUT2D eigenvalue weighted by molar-refractivity contribution is 0.0974. The number of hydrogen-bond acceptors (Lipinski definition) is 5. The lowest BCUT2D eigenvalue weighted by atomic mass is 10.1. The van der Waals surface area contributed by atoms with Gasteiger partial charge in [-0.25, -0.2) is 4.98 Å². The normalized spacial score (nSPS) is 10.6. The van der Waals surface area contributed by atoms with Crippen LogP contribution >= 0.6 is 12.2 Å². The van der Waals surface area contributed by atoms with Crippen LogP contribution in [-0.2, 0) is 0 Å². The molecule has 150 valence electrons. The molecule has 0 unspecified atom stereocenters. The molecular weight excluding hydrogens is 398 g/mol. The van der Waals surface area contributed by atoms with Gasteiger partial charge in [0.25, 0.3) is 5.91 Å². The summed E-state index contributed by atoms with van der Waals surface area (Å²) < 4.78 is 11.2. The number of nitrogens with one attached hydrogen (secondary N) is 2. The van der Waals surface area contributed by atoms with Crippen LogP contribution in [-0.4, -0.2) is 23.1 Å². The van der Waals surface area contributed by atoms with Crippen molar-refractivity contribution < 1.29 is 13.9 Å². The second-order valence-electron chi connectivity index (χ2n) is 6.63. The van der Waals surface area contributed by atoms with Crippen LogP contribution < -0.4 is 15.4 Å². The van der Waals surface area contributed by atoms with E-state index in [0.29, 0.717) is 34.0 Å². The van der Waals surface area contributed by atoms with Crippen LogP contribution in [0.4, 0.5) is 5.69 Å². The molecular formula is C23H19N3O3S. The Labute approximate surface area is 178 Å². The van der Waals surface area contributed by atoms with E-state index in [1.54, 1.807) is 12.1 Å². The third kappa shape index (κ3) is 4.01. The van der Waals surface area contributed by atoms with Crippen molar-refractivity contribution in [3.05, 3.63) is 77.9 Å². The summed E-state index contributed by atoms with van der Waals surface area (Å²) in [5.74, 6) is 0.724. The second-order valence-corrected chi connectivity index (χ2v) is 7.04. The SMILES string of the molecule is COc1c(C)cccc1C(=O)NC(=S)Nc1ccc2oc(-c3ccccc3)nc2c1. The van der Waals surface area contributed by atoms with Gasteiger partial charge in [-0.3, -0.25) is 10.1 Å². The fraction of sp³-hybridized carbons (Fsp3) is 0.0870. The molecule has 0 saturated carbocycles. The number of rotatable bonds is 4. The van der Waals surface area contributed by atoms with E-state index in [9.17, 15) is 4.79 Å². The number of amides is 1. The van der Waals surface area contributed by atoms with Crippen LogP contribution in [0.1, 0.15) is 15.9 Å². The lowest BCUT2D eigenvalue weighted by Gasteiger charge is -2.13. The molecule has 6 nitrogen and oxygen atoms in total. The topological polar surface area (TPSA) is 76.4 Å². The van der Waals surface area contributed by atoms with Crippen molar-refractivity contribution in [2.75, 3.05) is 12.4 Å². The maximum atomic E-state index is 12.6. The molecule has 0 aliphatic carbocycles. The van der Waals surface area contributed by atoms with Crippen molar-refractivity contribution in [2.45, 2.75) is 6.92 Å². The molecule has 0 bridgehead atoms. The first-order chi connectivity index (χ1) is 14.5. The molecule has 0 saturated heterocycles. The number of oxazole rings is 1. The molecule has 0 aliphatic heterocycles. The highest BCUT2D eigenvalue weighted by atomic mass is 32.1. The minimum Gasteiger partial charge on any atom is -0.496 e. The zero-order valence-electron chi connectivity index (χ0n) is 16.4. The first-order valence-electron chi connectivity index (χ1n) is 9.27. The molecule has 2 N–H and O–H groups in total. The summed E-state index contributed by atoms with van der Waals surface area (Å²) in [7, 11) is 1.53. The Hall–Kier alpha value is -3.71. The third-order valence-corrected chi connectivity index (χ3v) is 4.76. The Morgan fingerprint density at radius 2 is 1.87 bits per heavy atom. The van der Waals surface area contributed by atoms with Crippen molar-refractivity contribution in [1.82, 2.24) is 10.3 Å². The van der Waals surface area contributed by atoms with Crippen molar-refractivity contribution in [2.24, 2.45) is 0 Å². The predicted octanol–water partition coefficient (Wildman–Crippen LogP) is 4.94. The highest BCUT2D eigenvalue weighted by Gasteiger charge is 2.15. The van der Waals surface area contributed by atoms with Gasteiger partial charge in [0, 0.05) is 11.3 Å². The Bertz CT molecular complexity index is 1240. The number of methoxy groups -OCH3 is 1. The fourth-order valence-electron chi connectivity index (χ4n) is 3.14. The van der Waals surface area contributed by atoms with Gasteiger partial charge in [0.2, 0.25) is 5.89 Å². The first-order valence-corrected chi connectivity index (χ1v) is 9.68. The standard InChI is InChI=1S/C23H19N3O3S/c1-14-7-6-10-17(20(14)28-2)21(27)26-23(30)24-16-11-12-19-18(13-16)25-22(29-19)15-8-4-3-5-9-15/h3-13H,1-2H3,(H2,24,26,27,30). The third-order valence-electron chi connectivity index (χ3n) is 4.55. The molecule has 7 heteroatoms. The van der Waals surface area contributed by atoms with Gasteiger partial charge in [-0.1, -0.05) is 30.3 Å². The Kier molecular flexibility index (Phi) is 5.45. The fourth-order valence-corrected chi connectivity index (χ4v) is 3.35. The number of carbonyl (C=O) groups excluding carboxylic acids is 1. The molecule has 4 rings (SSSR count). The van der Waals surface area contributed by atoms with Gasteiger partial charge in [0.05, 0.1) is 12.7 Å². The molecule has 4 aromatic rings. The summed E-state index contributed by atoms with van der Waals surface area (Å²) in [5.41, 5.74) is 4.23. The highest BCUT2D eigenvalue weighted by Crippen LogP contribution is 2.26. The van der Waals surface area contributed by atoms with Crippen molar-refractivity contribution in [1.29, 1.82) is 0 Å². The van der Waals surface area contributed by atoms with E-state index in [1.807, 2.05) is 61.5 Å². The van der Waals surface area contributed by atoms with Gasteiger partial charge in [-0.2, -0.15) is 0 Å². The number of benzene rings is 3. The van der Waals surface area contributed by atoms with Gasteiger partial charge >= 0.3 is 0 Å². The number of anilines is 1. The van der Waals surface area contributed by atoms with Crippen molar-refractivity contribution >= 4 is 40.0 Å². The van der Waals surface area contributed by atoms with E-state index in [-0.39, 0.29) is 11.0 Å². The zero-order valence-corrected chi connectivity index (χ0v) is 17.2. The average molecular weight is 417 g/mol. The van der Waals surface area contributed by atoms with Gasteiger partial charge in [-0.15, -0.1) is 0 Å². The maximum Gasteiger partial charge on any atom is 0.261 e. The molecule has 0 radical (unpaired) electrons. The predicted molar refractivity (Wildman–Crippen MR) is 121 cm³/mol. The monoisotopic (exact) mass is 417 g/mol. The van der Waals surface area contributed by atoms with Crippen LogP contribution in [0.5, 0.6) is 5.75 Å². The number of ether oxygens (including phenoxy) is 1. The van der Waals surface area contributed by atoms with E-state index < -0.39 is 0 Å². The van der Waals surface area contributed by atoms with Crippen molar-refractivity contribution in [3.63, 3.8) is 0 Å². The van der Waals surface area contributed by atoms with Crippen LogP contribution in [0.15, 0.2) is 71.1 Å². The molecule has 30 heavy (non-hydrogen) atoms. The summed E-state index contributed by atoms with van der Waals surface area (Å²) in [6.07, 6.45) is 0. The van der Waals surface area contributed by atoms with E-state index >= 15 is 0 Å². The summed E-state index contributed by atoms with van der Waals surface area (Å²) in [5, 5.41) is 5.87. The largest absolute Gasteiger partial charge is 0.496 e.